The fraction of sp³-hybridized carbons (Fsp3) is 0.667. The first kappa shape index (κ1) is 18.8. The molecule has 0 aromatic heterocycles. The minimum Gasteiger partial charge on any atom is -0.364 e. The standard InChI is InChI=1S/C18H25BrF2O2/c1-17(2,3)23-16(22)15-13(11-19)5-4-6-14(15)12-7-9-18(20,21)10-8-12/h4-6,12,16,22H,7-11H2,1-3H3. The molecule has 2 rings (SSSR count). The van der Waals surface area contributed by atoms with Gasteiger partial charge in [0.05, 0.1) is 5.60 Å². The average molecular weight is 391 g/mol. The Morgan fingerprint density at radius 3 is 2.43 bits per heavy atom. The summed E-state index contributed by atoms with van der Waals surface area (Å²) in [6.07, 6.45) is -0.360. The molecule has 0 heterocycles. The lowest BCUT2D eigenvalue weighted by atomic mass is 9.79. The first-order valence-electron chi connectivity index (χ1n) is 8.04. The Bertz CT molecular complexity index is 530. The maximum atomic E-state index is 13.4. The fourth-order valence-electron chi connectivity index (χ4n) is 3.15. The van der Waals surface area contributed by atoms with Gasteiger partial charge >= 0.3 is 0 Å². The quantitative estimate of drug-likeness (QED) is 0.529. The molecule has 1 fully saturated rings. The van der Waals surface area contributed by atoms with Crippen LogP contribution in [0.2, 0.25) is 0 Å². The highest BCUT2D eigenvalue weighted by molar-refractivity contribution is 9.08. The van der Waals surface area contributed by atoms with Crippen LogP contribution in [0.3, 0.4) is 0 Å². The van der Waals surface area contributed by atoms with Crippen LogP contribution < -0.4 is 0 Å². The molecular weight excluding hydrogens is 366 g/mol. The molecule has 0 spiro atoms. The van der Waals surface area contributed by atoms with Gasteiger partial charge in [-0.05, 0) is 50.7 Å². The first-order valence-corrected chi connectivity index (χ1v) is 9.16. The largest absolute Gasteiger partial charge is 0.364 e. The predicted octanol–water partition coefficient (Wildman–Crippen LogP) is 5.68. The summed E-state index contributed by atoms with van der Waals surface area (Å²) in [7, 11) is 0. The number of alkyl halides is 3. The molecule has 0 radical (unpaired) electrons. The number of rotatable bonds is 4. The van der Waals surface area contributed by atoms with Crippen LogP contribution in [0.15, 0.2) is 18.2 Å². The highest BCUT2D eigenvalue weighted by atomic mass is 79.9. The summed E-state index contributed by atoms with van der Waals surface area (Å²) >= 11 is 3.45. The van der Waals surface area contributed by atoms with Crippen LogP contribution >= 0.6 is 15.9 Å². The van der Waals surface area contributed by atoms with Crippen molar-refractivity contribution in [2.24, 2.45) is 0 Å². The van der Waals surface area contributed by atoms with Crippen LogP contribution in [-0.2, 0) is 10.1 Å². The maximum absolute atomic E-state index is 13.4. The molecule has 0 amide bonds. The zero-order valence-electron chi connectivity index (χ0n) is 13.9. The van der Waals surface area contributed by atoms with Gasteiger partial charge < -0.3 is 9.84 Å². The Hall–Kier alpha value is -0.520. The van der Waals surface area contributed by atoms with Gasteiger partial charge in [-0.15, -0.1) is 0 Å². The Morgan fingerprint density at radius 1 is 1.30 bits per heavy atom. The number of ether oxygens (including phenoxy) is 1. The van der Waals surface area contributed by atoms with Crippen molar-refractivity contribution in [2.75, 3.05) is 0 Å². The smallest absolute Gasteiger partial charge is 0.248 e. The molecule has 1 saturated carbocycles. The van der Waals surface area contributed by atoms with Crippen LogP contribution in [0, 0.1) is 0 Å². The van der Waals surface area contributed by atoms with Crippen molar-refractivity contribution in [3.63, 3.8) is 0 Å². The summed E-state index contributed by atoms with van der Waals surface area (Å²) < 4.78 is 32.6. The maximum Gasteiger partial charge on any atom is 0.248 e. The summed E-state index contributed by atoms with van der Waals surface area (Å²) in [5.74, 6) is -2.51. The highest BCUT2D eigenvalue weighted by Gasteiger charge is 2.37. The molecule has 0 bridgehead atoms. The van der Waals surface area contributed by atoms with E-state index in [9.17, 15) is 13.9 Å². The molecule has 130 valence electrons. The van der Waals surface area contributed by atoms with E-state index in [1.54, 1.807) is 0 Å². The number of hydrogen-bond donors (Lipinski definition) is 1. The van der Waals surface area contributed by atoms with Gasteiger partial charge in [-0.25, -0.2) is 8.78 Å². The topological polar surface area (TPSA) is 29.5 Å². The fourth-order valence-corrected chi connectivity index (χ4v) is 3.64. The van der Waals surface area contributed by atoms with E-state index < -0.39 is 17.8 Å². The van der Waals surface area contributed by atoms with Crippen LogP contribution in [0.1, 0.15) is 75.4 Å². The zero-order valence-corrected chi connectivity index (χ0v) is 15.5. The third-order valence-electron chi connectivity index (χ3n) is 4.24. The van der Waals surface area contributed by atoms with Crippen molar-refractivity contribution >= 4 is 15.9 Å². The average Bonchev–Trinajstić information content (AvgIpc) is 2.44. The Morgan fingerprint density at radius 2 is 1.91 bits per heavy atom. The first-order chi connectivity index (χ1) is 10.6. The summed E-state index contributed by atoms with van der Waals surface area (Å²) in [5, 5.41) is 11.2. The molecule has 1 aliphatic carbocycles. The molecule has 5 heteroatoms. The molecule has 2 nitrogen and oxygen atoms in total. The van der Waals surface area contributed by atoms with E-state index in [1.807, 2.05) is 39.0 Å². The van der Waals surface area contributed by atoms with Crippen molar-refractivity contribution in [1.29, 1.82) is 0 Å². The van der Waals surface area contributed by atoms with Gasteiger partial charge in [0.1, 0.15) is 0 Å². The van der Waals surface area contributed by atoms with Crippen LogP contribution in [0.4, 0.5) is 8.78 Å². The van der Waals surface area contributed by atoms with Crippen molar-refractivity contribution in [3.05, 3.63) is 34.9 Å². The second kappa shape index (κ2) is 7.16. The SMILES string of the molecule is CC(C)(C)OC(O)c1c(CBr)cccc1C1CCC(F)(F)CC1. The van der Waals surface area contributed by atoms with E-state index in [-0.39, 0.29) is 18.8 Å². The minimum atomic E-state index is -2.55. The molecule has 23 heavy (non-hydrogen) atoms. The van der Waals surface area contributed by atoms with E-state index in [0.29, 0.717) is 18.2 Å². The molecule has 1 aliphatic rings. The van der Waals surface area contributed by atoms with Crippen molar-refractivity contribution in [1.82, 2.24) is 0 Å². The van der Waals surface area contributed by atoms with E-state index in [1.165, 1.54) is 0 Å². The highest BCUT2D eigenvalue weighted by Crippen LogP contribution is 2.43. The van der Waals surface area contributed by atoms with E-state index >= 15 is 0 Å². The van der Waals surface area contributed by atoms with E-state index in [2.05, 4.69) is 15.9 Å². The molecule has 1 atom stereocenters. The van der Waals surface area contributed by atoms with Gasteiger partial charge in [-0.2, -0.15) is 0 Å². The molecular formula is C18H25BrF2O2. The van der Waals surface area contributed by atoms with Gasteiger partial charge in [0, 0.05) is 23.7 Å². The summed E-state index contributed by atoms with van der Waals surface area (Å²) in [4.78, 5) is 0. The van der Waals surface area contributed by atoms with Crippen LogP contribution in [0.5, 0.6) is 0 Å². The van der Waals surface area contributed by atoms with Crippen LogP contribution in [-0.4, -0.2) is 16.6 Å². The molecule has 1 unspecified atom stereocenters. The van der Waals surface area contributed by atoms with Gasteiger partial charge in [-0.3, -0.25) is 0 Å². The molecule has 0 aliphatic heterocycles. The Labute approximate surface area is 145 Å². The zero-order chi connectivity index (χ0) is 17.3. The molecule has 0 saturated heterocycles. The molecule has 1 aromatic rings. The van der Waals surface area contributed by atoms with Crippen molar-refractivity contribution in [3.8, 4) is 0 Å². The summed E-state index contributed by atoms with van der Waals surface area (Å²) in [6.45, 7) is 5.65. The molecule has 1 N–H and O–H groups in total. The summed E-state index contributed by atoms with van der Waals surface area (Å²) in [6, 6.07) is 5.79. The number of benzene rings is 1. The summed E-state index contributed by atoms with van der Waals surface area (Å²) in [5.41, 5.74) is 2.12. The van der Waals surface area contributed by atoms with Gasteiger partial charge in [0.15, 0.2) is 6.29 Å². The van der Waals surface area contributed by atoms with Gasteiger partial charge in [0.25, 0.3) is 0 Å². The Balaban J connectivity index is 2.33. The monoisotopic (exact) mass is 390 g/mol. The number of halogens is 3. The third-order valence-corrected chi connectivity index (χ3v) is 4.85. The van der Waals surface area contributed by atoms with Gasteiger partial charge in [-0.1, -0.05) is 34.1 Å². The number of aliphatic hydroxyl groups excluding tert-OH is 1. The lowest BCUT2D eigenvalue weighted by molar-refractivity contribution is -0.170. The van der Waals surface area contributed by atoms with Crippen LogP contribution in [0.25, 0.3) is 0 Å². The normalized spacial score (nSPS) is 20.5. The van der Waals surface area contributed by atoms with Crippen molar-refractivity contribution in [2.45, 2.75) is 75.5 Å². The minimum absolute atomic E-state index is 0.0434. The third kappa shape index (κ3) is 4.97. The molecule has 1 aromatic carbocycles. The Kier molecular flexibility index (Phi) is 5.85. The van der Waals surface area contributed by atoms with Gasteiger partial charge in [0.2, 0.25) is 5.92 Å². The number of aliphatic hydroxyl groups is 1. The van der Waals surface area contributed by atoms with Crippen molar-refractivity contribution < 1.29 is 18.6 Å². The lowest BCUT2D eigenvalue weighted by Crippen LogP contribution is -2.26. The lowest BCUT2D eigenvalue weighted by Gasteiger charge is -2.32. The van der Waals surface area contributed by atoms with E-state index in [4.69, 9.17) is 4.74 Å². The second-order valence-electron chi connectivity index (χ2n) is 7.27. The van der Waals surface area contributed by atoms with E-state index in [0.717, 1.165) is 16.7 Å². The predicted molar refractivity (Wildman–Crippen MR) is 91.0 cm³/mol. The number of hydrogen-bond acceptors (Lipinski definition) is 2. The second-order valence-corrected chi connectivity index (χ2v) is 7.83.